The van der Waals surface area contributed by atoms with Gasteiger partial charge in [0, 0.05) is 11.6 Å². The number of ether oxygens (including phenoxy) is 1. The molecule has 3 rings (SSSR count). The van der Waals surface area contributed by atoms with E-state index in [4.69, 9.17) is 4.74 Å². The number of carbonyl (C=O) groups excluding carboxylic acids is 1. The molecule has 0 saturated carbocycles. The molecule has 0 N–H and O–H groups in total. The SMILES string of the molecule is CCOC(=O)c1cn2c(-c3ccc(C)cc3)csc2n1. The van der Waals surface area contributed by atoms with E-state index < -0.39 is 0 Å². The van der Waals surface area contributed by atoms with Crippen LogP contribution < -0.4 is 0 Å². The molecule has 0 aliphatic rings. The van der Waals surface area contributed by atoms with Crippen LogP contribution >= 0.6 is 11.3 Å². The monoisotopic (exact) mass is 286 g/mol. The fourth-order valence-corrected chi connectivity index (χ4v) is 2.90. The molecule has 3 aromatic rings. The topological polar surface area (TPSA) is 43.6 Å². The van der Waals surface area contributed by atoms with Gasteiger partial charge in [-0.1, -0.05) is 29.8 Å². The summed E-state index contributed by atoms with van der Waals surface area (Å²) in [5.41, 5.74) is 3.72. The highest BCUT2D eigenvalue weighted by Crippen LogP contribution is 2.26. The van der Waals surface area contributed by atoms with Crippen molar-refractivity contribution in [2.75, 3.05) is 6.61 Å². The third-order valence-electron chi connectivity index (χ3n) is 3.04. The molecule has 0 atom stereocenters. The lowest BCUT2D eigenvalue weighted by atomic mass is 10.1. The number of hydrogen-bond acceptors (Lipinski definition) is 4. The van der Waals surface area contributed by atoms with E-state index in [0.717, 1.165) is 16.2 Å². The van der Waals surface area contributed by atoms with Gasteiger partial charge in [-0.3, -0.25) is 4.40 Å². The van der Waals surface area contributed by atoms with Gasteiger partial charge in [-0.05, 0) is 19.4 Å². The van der Waals surface area contributed by atoms with Gasteiger partial charge in [-0.25, -0.2) is 9.78 Å². The standard InChI is InChI=1S/C15H14N2O2S/c1-3-19-14(18)12-8-17-13(9-20-15(17)16-12)11-6-4-10(2)5-7-11/h4-9H,3H2,1-2H3. The van der Waals surface area contributed by atoms with E-state index in [9.17, 15) is 4.79 Å². The summed E-state index contributed by atoms with van der Waals surface area (Å²) in [5, 5.41) is 2.04. The van der Waals surface area contributed by atoms with E-state index in [1.807, 2.05) is 9.78 Å². The molecule has 102 valence electrons. The van der Waals surface area contributed by atoms with Crippen LogP contribution in [-0.4, -0.2) is 22.0 Å². The molecule has 2 aromatic heterocycles. The Kier molecular flexibility index (Phi) is 3.28. The number of benzene rings is 1. The fraction of sp³-hybridized carbons (Fsp3) is 0.200. The number of carbonyl (C=O) groups is 1. The third-order valence-corrected chi connectivity index (χ3v) is 3.88. The number of nitrogens with zero attached hydrogens (tertiary/aromatic N) is 2. The van der Waals surface area contributed by atoms with E-state index in [1.165, 1.54) is 16.9 Å². The molecule has 0 unspecified atom stereocenters. The highest BCUT2D eigenvalue weighted by atomic mass is 32.1. The quantitative estimate of drug-likeness (QED) is 0.692. The molecule has 0 saturated heterocycles. The van der Waals surface area contributed by atoms with Crippen LogP contribution in [0.4, 0.5) is 0 Å². The maximum Gasteiger partial charge on any atom is 0.358 e. The van der Waals surface area contributed by atoms with Gasteiger partial charge >= 0.3 is 5.97 Å². The number of hydrogen-bond donors (Lipinski definition) is 0. The zero-order chi connectivity index (χ0) is 14.1. The molecule has 0 amide bonds. The number of fused-ring (bicyclic) bond motifs is 1. The predicted octanol–water partition coefficient (Wildman–Crippen LogP) is 3.55. The van der Waals surface area contributed by atoms with Crippen LogP contribution in [0.2, 0.25) is 0 Å². The molecule has 0 radical (unpaired) electrons. The zero-order valence-corrected chi connectivity index (χ0v) is 12.1. The second kappa shape index (κ2) is 5.09. The number of rotatable bonds is 3. The Morgan fingerprint density at radius 1 is 1.35 bits per heavy atom. The van der Waals surface area contributed by atoms with Crippen LogP contribution in [0.25, 0.3) is 16.2 Å². The first-order valence-corrected chi connectivity index (χ1v) is 7.27. The Morgan fingerprint density at radius 3 is 2.80 bits per heavy atom. The van der Waals surface area contributed by atoms with Crippen molar-refractivity contribution in [3.8, 4) is 11.3 Å². The van der Waals surface area contributed by atoms with Crippen molar-refractivity contribution < 1.29 is 9.53 Å². The Labute approximate surface area is 120 Å². The Hall–Kier alpha value is -2.14. The molecule has 0 aliphatic carbocycles. The molecule has 0 aliphatic heterocycles. The highest BCUT2D eigenvalue weighted by Gasteiger charge is 2.15. The lowest BCUT2D eigenvalue weighted by Gasteiger charge is -2.00. The minimum Gasteiger partial charge on any atom is -0.461 e. The van der Waals surface area contributed by atoms with Crippen LogP contribution in [0.3, 0.4) is 0 Å². The molecule has 1 aromatic carbocycles. The lowest BCUT2D eigenvalue weighted by Crippen LogP contribution is -2.04. The van der Waals surface area contributed by atoms with Crippen molar-refractivity contribution in [2.24, 2.45) is 0 Å². The average molecular weight is 286 g/mol. The summed E-state index contributed by atoms with van der Waals surface area (Å²) in [7, 11) is 0. The van der Waals surface area contributed by atoms with E-state index in [1.54, 1.807) is 13.1 Å². The molecule has 2 heterocycles. The van der Waals surface area contributed by atoms with Crippen molar-refractivity contribution in [3.05, 3.63) is 47.1 Å². The zero-order valence-electron chi connectivity index (χ0n) is 11.3. The second-order valence-corrected chi connectivity index (χ2v) is 5.32. The smallest absolute Gasteiger partial charge is 0.358 e. The van der Waals surface area contributed by atoms with Crippen molar-refractivity contribution in [1.82, 2.24) is 9.38 Å². The van der Waals surface area contributed by atoms with Gasteiger partial charge in [0.15, 0.2) is 10.7 Å². The van der Waals surface area contributed by atoms with Crippen molar-refractivity contribution in [1.29, 1.82) is 0 Å². The molecule has 0 bridgehead atoms. The first kappa shape index (κ1) is 12.9. The van der Waals surface area contributed by atoms with Crippen molar-refractivity contribution in [2.45, 2.75) is 13.8 Å². The summed E-state index contributed by atoms with van der Waals surface area (Å²) in [4.78, 5) is 16.8. The summed E-state index contributed by atoms with van der Waals surface area (Å²) in [6.45, 7) is 4.20. The Balaban J connectivity index is 2.04. The number of esters is 1. The van der Waals surface area contributed by atoms with Gasteiger partial charge in [0.25, 0.3) is 0 Å². The van der Waals surface area contributed by atoms with E-state index in [2.05, 4.69) is 36.2 Å². The van der Waals surface area contributed by atoms with E-state index in [-0.39, 0.29) is 5.97 Å². The summed E-state index contributed by atoms with van der Waals surface area (Å²) in [6.07, 6.45) is 1.74. The van der Waals surface area contributed by atoms with E-state index >= 15 is 0 Å². The molecule has 20 heavy (non-hydrogen) atoms. The molecule has 4 nitrogen and oxygen atoms in total. The highest BCUT2D eigenvalue weighted by molar-refractivity contribution is 7.15. The molecule has 0 fully saturated rings. The van der Waals surface area contributed by atoms with Crippen molar-refractivity contribution in [3.63, 3.8) is 0 Å². The number of aryl methyl sites for hydroxylation is 1. The number of imidazole rings is 1. The summed E-state index contributed by atoms with van der Waals surface area (Å²) >= 11 is 1.51. The molecule has 0 spiro atoms. The minimum absolute atomic E-state index is 0.354. The van der Waals surface area contributed by atoms with Gasteiger partial charge < -0.3 is 4.74 Å². The minimum atomic E-state index is -0.377. The van der Waals surface area contributed by atoms with Gasteiger partial charge in [-0.15, -0.1) is 11.3 Å². The van der Waals surface area contributed by atoms with Crippen LogP contribution in [0, 0.1) is 6.92 Å². The van der Waals surface area contributed by atoms with Gasteiger partial charge in [-0.2, -0.15) is 0 Å². The molecular weight excluding hydrogens is 272 g/mol. The number of thiazole rings is 1. The first-order valence-electron chi connectivity index (χ1n) is 6.40. The van der Waals surface area contributed by atoms with Gasteiger partial charge in [0.05, 0.1) is 12.3 Å². The average Bonchev–Trinajstić information content (AvgIpc) is 3.00. The lowest BCUT2D eigenvalue weighted by molar-refractivity contribution is 0.0520. The molecular formula is C15H14N2O2S. The van der Waals surface area contributed by atoms with Crippen LogP contribution in [-0.2, 0) is 4.74 Å². The maximum atomic E-state index is 11.7. The van der Waals surface area contributed by atoms with Gasteiger partial charge in [0.1, 0.15) is 0 Å². The number of aromatic nitrogens is 2. The fourth-order valence-electron chi connectivity index (χ4n) is 2.02. The summed E-state index contributed by atoms with van der Waals surface area (Å²) < 4.78 is 6.91. The predicted molar refractivity (Wildman–Crippen MR) is 79.2 cm³/mol. The van der Waals surface area contributed by atoms with Crippen LogP contribution in [0.5, 0.6) is 0 Å². The van der Waals surface area contributed by atoms with Crippen molar-refractivity contribution >= 4 is 22.3 Å². The largest absolute Gasteiger partial charge is 0.461 e. The summed E-state index contributed by atoms with van der Waals surface area (Å²) in [6, 6.07) is 8.28. The Bertz CT molecular complexity index is 756. The maximum absolute atomic E-state index is 11.7. The molecule has 5 heteroatoms. The normalized spacial score (nSPS) is 10.9. The third kappa shape index (κ3) is 2.20. The Morgan fingerprint density at radius 2 is 2.10 bits per heavy atom. The second-order valence-electron chi connectivity index (χ2n) is 4.49. The first-order chi connectivity index (χ1) is 9.69. The van der Waals surface area contributed by atoms with Crippen LogP contribution in [0.15, 0.2) is 35.8 Å². The van der Waals surface area contributed by atoms with Crippen LogP contribution in [0.1, 0.15) is 23.0 Å². The summed E-state index contributed by atoms with van der Waals surface area (Å²) in [5.74, 6) is -0.377. The van der Waals surface area contributed by atoms with Gasteiger partial charge in [0.2, 0.25) is 0 Å². The van der Waals surface area contributed by atoms with E-state index in [0.29, 0.717) is 12.3 Å².